The van der Waals surface area contributed by atoms with Crippen molar-refractivity contribution in [3.63, 3.8) is 0 Å². The summed E-state index contributed by atoms with van der Waals surface area (Å²) in [5.41, 5.74) is 4.80. The van der Waals surface area contributed by atoms with Gasteiger partial charge < -0.3 is 20.3 Å². The number of hydrogen-bond donors (Lipinski definition) is 1. The Balaban J connectivity index is 2.00. The maximum absolute atomic E-state index is 12.2. The van der Waals surface area contributed by atoms with Crippen LogP contribution >= 0.6 is 11.3 Å². The summed E-state index contributed by atoms with van der Waals surface area (Å²) in [6, 6.07) is 3.69. The minimum absolute atomic E-state index is 0.0442. The van der Waals surface area contributed by atoms with Crippen LogP contribution in [-0.2, 0) is 4.74 Å². The molecule has 1 fully saturated rings. The molecule has 0 saturated carbocycles. The molecule has 1 aromatic rings. The number of rotatable bonds is 2. The van der Waals surface area contributed by atoms with Crippen LogP contribution in [0.25, 0.3) is 0 Å². The molecule has 0 spiro atoms. The lowest BCUT2D eigenvalue weighted by Crippen LogP contribution is -2.55. The van der Waals surface area contributed by atoms with Crippen LogP contribution in [0.5, 0.6) is 0 Å². The molecule has 1 aliphatic rings. The summed E-state index contributed by atoms with van der Waals surface area (Å²) in [6.07, 6.45) is -0.274. The van der Waals surface area contributed by atoms with Gasteiger partial charge in [-0.15, -0.1) is 11.3 Å². The van der Waals surface area contributed by atoms with Gasteiger partial charge in [-0.05, 0) is 39.8 Å². The van der Waals surface area contributed by atoms with E-state index >= 15 is 0 Å². The van der Waals surface area contributed by atoms with E-state index in [2.05, 4.69) is 4.90 Å². The Kier molecular flexibility index (Phi) is 4.65. The lowest BCUT2D eigenvalue weighted by atomic mass is 10.2. The van der Waals surface area contributed by atoms with Crippen molar-refractivity contribution in [1.29, 1.82) is 0 Å². The number of anilines is 1. The summed E-state index contributed by atoms with van der Waals surface area (Å²) in [4.78, 5) is 27.8. The number of nitrogens with two attached hydrogens (primary N) is 1. The topological polar surface area (TPSA) is 75.9 Å². The van der Waals surface area contributed by atoms with Crippen LogP contribution in [-0.4, -0.2) is 48.2 Å². The first kappa shape index (κ1) is 16.6. The molecule has 7 heteroatoms. The van der Waals surface area contributed by atoms with Crippen LogP contribution < -0.4 is 10.6 Å². The van der Waals surface area contributed by atoms with Crippen molar-refractivity contribution in [2.75, 3.05) is 24.5 Å². The highest BCUT2D eigenvalue weighted by Crippen LogP contribution is 2.28. The van der Waals surface area contributed by atoms with Gasteiger partial charge in [0.05, 0.1) is 9.88 Å². The Hall–Kier alpha value is -1.76. The van der Waals surface area contributed by atoms with E-state index in [1.165, 1.54) is 11.3 Å². The SMILES string of the molecule is CC1CN(c2ccc(C(N)=O)s2)CCN1C(=O)OC(C)(C)C. The van der Waals surface area contributed by atoms with E-state index in [0.717, 1.165) is 5.00 Å². The summed E-state index contributed by atoms with van der Waals surface area (Å²) in [5, 5.41) is 1.00. The molecule has 6 nitrogen and oxygen atoms in total. The second-order valence-electron chi connectivity index (χ2n) is 6.47. The maximum Gasteiger partial charge on any atom is 0.410 e. The normalized spacial score (nSPS) is 19.2. The summed E-state index contributed by atoms with van der Waals surface area (Å²) in [6.45, 7) is 9.60. The van der Waals surface area contributed by atoms with Gasteiger partial charge in [0.2, 0.25) is 0 Å². The Morgan fingerprint density at radius 2 is 2.00 bits per heavy atom. The third-order valence-corrected chi connectivity index (χ3v) is 4.56. The molecule has 2 rings (SSSR count). The van der Waals surface area contributed by atoms with Crippen molar-refractivity contribution in [3.8, 4) is 0 Å². The molecular weight excluding hydrogens is 302 g/mol. The number of amides is 2. The van der Waals surface area contributed by atoms with Crippen molar-refractivity contribution in [2.45, 2.75) is 39.3 Å². The second-order valence-corrected chi connectivity index (χ2v) is 7.53. The third-order valence-electron chi connectivity index (χ3n) is 3.40. The Morgan fingerprint density at radius 1 is 1.32 bits per heavy atom. The van der Waals surface area contributed by atoms with Gasteiger partial charge >= 0.3 is 6.09 Å². The smallest absolute Gasteiger partial charge is 0.410 e. The van der Waals surface area contributed by atoms with E-state index in [1.807, 2.05) is 33.8 Å². The molecule has 0 aliphatic carbocycles. The quantitative estimate of drug-likeness (QED) is 0.905. The maximum atomic E-state index is 12.2. The minimum atomic E-state index is -0.488. The standard InChI is InChI=1S/C15H23N3O3S/c1-10-9-17(12-6-5-11(22-12)13(16)19)7-8-18(10)14(20)21-15(2,3)4/h5-6,10H,7-9H2,1-4H3,(H2,16,19). The number of carbonyl (C=O) groups excluding carboxylic acids is 2. The van der Waals surface area contributed by atoms with Crippen LogP contribution in [0, 0.1) is 0 Å². The lowest BCUT2D eigenvalue weighted by molar-refractivity contribution is 0.0159. The molecule has 122 valence electrons. The van der Waals surface area contributed by atoms with Gasteiger partial charge in [0.15, 0.2) is 0 Å². The average molecular weight is 325 g/mol. The number of piperazine rings is 1. The third kappa shape index (κ3) is 3.91. The van der Waals surface area contributed by atoms with E-state index in [-0.39, 0.29) is 12.1 Å². The molecule has 0 radical (unpaired) electrons. The zero-order chi connectivity index (χ0) is 16.5. The van der Waals surface area contributed by atoms with Gasteiger partial charge in [-0.1, -0.05) is 0 Å². The first-order valence-electron chi connectivity index (χ1n) is 7.31. The number of carbonyl (C=O) groups is 2. The van der Waals surface area contributed by atoms with Crippen LogP contribution in [0.2, 0.25) is 0 Å². The number of ether oxygens (including phenoxy) is 1. The molecule has 1 unspecified atom stereocenters. The molecule has 1 atom stereocenters. The van der Waals surface area contributed by atoms with Gasteiger partial charge in [-0.25, -0.2) is 4.79 Å². The summed E-state index contributed by atoms with van der Waals surface area (Å²) in [5.74, 6) is -0.406. The molecule has 0 aromatic carbocycles. The fourth-order valence-corrected chi connectivity index (χ4v) is 3.27. The largest absolute Gasteiger partial charge is 0.444 e. The Morgan fingerprint density at radius 3 is 2.50 bits per heavy atom. The molecule has 2 N–H and O–H groups in total. The summed E-state index contributed by atoms with van der Waals surface area (Å²) >= 11 is 1.39. The van der Waals surface area contributed by atoms with Crippen LogP contribution in [0.1, 0.15) is 37.4 Å². The molecule has 0 bridgehead atoms. The predicted octanol–water partition coefficient (Wildman–Crippen LogP) is 2.29. The second kappa shape index (κ2) is 6.16. The van der Waals surface area contributed by atoms with Gasteiger partial charge in [0.1, 0.15) is 5.60 Å². The van der Waals surface area contributed by atoms with Crippen molar-refractivity contribution >= 4 is 28.3 Å². The zero-order valence-electron chi connectivity index (χ0n) is 13.5. The van der Waals surface area contributed by atoms with E-state index in [0.29, 0.717) is 24.5 Å². The van der Waals surface area contributed by atoms with Gasteiger partial charge in [0, 0.05) is 25.7 Å². The number of nitrogens with zero attached hydrogens (tertiary/aromatic N) is 2. The van der Waals surface area contributed by atoms with Gasteiger partial charge in [-0.2, -0.15) is 0 Å². The molecule has 2 amide bonds. The highest BCUT2D eigenvalue weighted by molar-refractivity contribution is 7.17. The van der Waals surface area contributed by atoms with Crippen molar-refractivity contribution in [1.82, 2.24) is 4.90 Å². The monoisotopic (exact) mass is 325 g/mol. The highest BCUT2D eigenvalue weighted by Gasteiger charge is 2.31. The molecule has 1 aromatic heterocycles. The van der Waals surface area contributed by atoms with Crippen molar-refractivity contribution in [3.05, 3.63) is 17.0 Å². The van der Waals surface area contributed by atoms with Crippen LogP contribution in [0.4, 0.5) is 9.80 Å². The summed E-state index contributed by atoms with van der Waals surface area (Å²) in [7, 11) is 0. The Bertz CT molecular complexity index is 565. The highest BCUT2D eigenvalue weighted by atomic mass is 32.1. The summed E-state index contributed by atoms with van der Waals surface area (Å²) < 4.78 is 5.43. The molecule has 1 aliphatic heterocycles. The molecule has 22 heavy (non-hydrogen) atoms. The van der Waals surface area contributed by atoms with Gasteiger partial charge in [-0.3, -0.25) is 4.79 Å². The van der Waals surface area contributed by atoms with Crippen LogP contribution in [0.15, 0.2) is 12.1 Å². The first-order valence-corrected chi connectivity index (χ1v) is 8.13. The van der Waals surface area contributed by atoms with Crippen LogP contribution in [0.3, 0.4) is 0 Å². The fourth-order valence-electron chi connectivity index (χ4n) is 2.38. The number of primary amides is 1. The van der Waals surface area contributed by atoms with Gasteiger partial charge in [0.25, 0.3) is 5.91 Å². The number of thiophene rings is 1. The Labute approximate surface area is 134 Å². The minimum Gasteiger partial charge on any atom is -0.444 e. The fraction of sp³-hybridized carbons (Fsp3) is 0.600. The molecule has 2 heterocycles. The van der Waals surface area contributed by atoms with E-state index in [9.17, 15) is 9.59 Å². The van der Waals surface area contributed by atoms with E-state index < -0.39 is 11.5 Å². The first-order chi connectivity index (χ1) is 10.2. The predicted molar refractivity (Wildman–Crippen MR) is 87.5 cm³/mol. The zero-order valence-corrected chi connectivity index (χ0v) is 14.3. The number of hydrogen-bond acceptors (Lipinski definition) is 5. The lowest BCUT2D eigenvalue weighted by Gasteiger charge is -2.40. The average Bonchev–Trinajstić information content (AvgIpc) is 2.85. The molecular formula is C15H23N3O3S. The van der Waals surface area contributed by atoms with Crippen molar-refractivity contribution < 1.29 is 14.3 Å². The van der Waals surface area contributed by atoms with E-state index in [1.54, 1.807) is 11.0 Å². The van der Waals surface area contributed by atoms with Crippen molar-refractivity contribution in [2.24, 2.45) is 5.73 Å². The molecule has 1 saturated heterocycles. The van der Waals surface area contributed by atoms with E-state index in [4.69, 9.17) is 10.5 Å².